The Hall–Kier alpha value is -0.320. The third-order valence-corrected chi connectivity index (χ3v) is 4.32. The molecule has 112 valence electrons. The lowest BCUT2D eigenvalue weighted by atomic mass is 9.81. The second kappa shape index (κ2) is 8.08. The van der Waals surface area contributed by atoms with Gasteiger partial charge in [0.1, 0.15) is 0 Å². The monoisotopic (exact) mass is 290 g/mol. The minimum absolute atomic E-state index is 0. The zero-order chi connectivity index (χ0) is 13.0. The molecule has 4 unspecified atom stereocenters. The average molecular weight is 291 g/mol. The molecule has 19 heavy (non-hydrogen) atoms. The van der Waals surface area contributed by atoms with Crippen molar-refractivity contribution in [2.45, 2.75) is 57.6 Å². The predicted molar refractivity (Wildman–Crippen MR) is 78.4 cm³/mol. The highest BCUT2D eigenvalue weighted by Gasteiger charge is 2.27. The fraction of sp³-hybridized carbons (Fsp3) is 0.929. The molecule has 1 heterocycles. The smallest absolute Gasteiger partial charge is 0.237 e. The van der Waals surface area contributed by atoms with E-state index >= 15 is 0 Å². The Kier molecular flexibility index (Phi) is 7.11. The van der Waals surface area contributed by atoms with Crippen LogP contribution in [0, 0.1) is 11.8 Å². The lowest BCUT2D eigenvalue weighted by Gasteiger charge is -2.26. The van der Waals surface area contributed by atoms with Gasteiger partial charge in [-0.15, -0.1) is 12.4 Å². The van der Waals surface area contributed by atoms with Crippen molar-refractivity contribution < 1.29 is 9.90 Å². The maximum Gasteiger partial charge on any atom is 0.237 e. The Balaban J connectivity index is 0.00000180. The average Bonchev–Trinajstić information content (AvgIpc) is 2.76. The Bertz CT molecular complexity index is 289. The molecule has 0 spiro atoms. The van der Waals surface area contributed by atoms with Crippen LogP contribution in [0.1, 0.15) is 45.4 Å². The van der Waals surface area contributed by atoms with Gasteiger partial charge in [-0.3, -0.25) is 4.79 Å². The molecule has 2 rings (SSSR count). The molecule has 0 radical (unpaired) electrons. The van der Waals surface area contributed by atoms with Crippen LogP contribution in [0.25, 0.3) is 0 Å². The maximum absolute atomic E-state index is 11.8. The van der Waals surface area contributed by atoms with Crippen LogP contribution in [0.4, 0.5) is 0 Å². The van der Waals surface area contributed by atoms with E-state index in [0.29, 0.717) is 13.0 Å². The number of carbonyl (C=O) groups is 1. The van der Waals surface area contributed by atoms with Gasteiger partial charge in [-0.1, -0.05) is 26.2 Å². The summed E-state index contributed by atoms with van der Waals surface area (Å²) in [6.07, 6.45) is 6.64. The molecule has 4 atom stereocenters. The van der Waals surface area contributed by atoms with Gasteiger partial charge in [-0.05, 0) is 31.1 Å². The van der Waals surface area contributed by atoms with Crippen molar-refractivity contribution >= 4 is 18.3 Å². The van der Waals surface area contributed by atoms with Crippen LogP contribution < -0.4 is 10.6 Å². The molecule has 3 N–H and O–H groups in total. The number of β-amino-alcohol motifs (C(OH)–C–C–N with tert-alkyl or cyclic N) is 1. The summed E-state index contributed by atoms with van der Waals surface area (Å²) < 4.78 is 0. The highest BCUT2D eigenvalue weighted by Crippen LogP contribution is 2.30. The number of amides is 1. The number of nitrogens with one attached hydrogen (secondary N) is 2. The molecular formula is C14H27ClN2O2. The molecule has 4 nitrogen and oxygen atoms in total. The summed E-state index contributed by atoms with van der Waals surface area (Å²) in [4.78, 5) is 11.8. The van der Waals surface area contributed by atoms with Crippen LogP contribution in [-0.4, -0.2) is 36.2 Å². The Labute approximate surface area is 122 Å². The normalized spacial score (nSPS) is 34.6. The molecule has 0 aromatic rings. The largest absolute Gasteiger partial charge is 0.392 e. The van der Waals surface area contributed by atoms with Crippen molar-refractivity contribution in [3.8, 4) is 0 Å². The molecular weight excluding hydrogens is 264 g/mol. The van der Waals surface area contributed by atoms with Gasteiger partial charge >= 0.3 is 0 Å². The topological polar surface area (TPSA) is 61.4 Å². The van der Waals surface area contributed by atoms with Crippen LogP contribution in [0.3, 0.4) is 0 Å². The fourth-order valence-electron chi connectivity index (χ4n) is 3.26. The molecule has 1 aliphatic heterocycles. The number of carbonyl (C=O) groups excluding carboxylic acids is 1. The van der Waals surface area contributed by atoms with E-state index in [2.05, 4.69) is 17.6 Å². The van der Waals surface area contributed by atoms with Gasteiger partial charge in [-0.2, -0.15) is 0 Å². The van der Waals surface area contributed by atoms with Gasteiger partial charge in [0.25, 0.3) is 0 Å². The van der Waals surface area contributed by atoms with Crippen molar-refractivity contribution in [1.82, 2.24) is 10.6 Å². The first-order chi connectivity index (χ1) is 8.65. The molecule has 2 aliphatic rings. The first kappa shape index (κ1) is 16.7. The number of aliphatic hydroxyl groups is 1. The van der Waals surface area contributed by atoms with Crippen molar-refractivity contribution in [1.29, 1.82) is 0 Å². The summed E-state index contributed by atoms with van der Waals surface area (Å²) in [6.45, 7) is 3.65. The van der Waals surface area contributed by atoms with Gasteiger partial charge in [-0.25, -0.2) is 0 Å². The van der Waals surface area contributed by atoms with Crippen LogP contribution in [0.15, 0.2) is 0 Å². The van der Waals surface area contributed by atoms with Gasteiger partial charge in [0, 0.05) is 13.1 Å². The quantitative estimate of drug-likeness (QED) is 0.735. The van der Waals surface area contributed by atoms with E-state index in [1.165, 1.54) is 25.7 Å². The summed E-state index contributed by atoms with van der Waals surface area (Å²) in [7, 11) is 0. The van der Waals surface area contributed by atoms with E-state index < -0.39 is 0 Å². The second-order valence-electron chi connectivity index (χ2n) is 6.07. The molecule has 0 aromatic carbocycles. The molecule has 1 aliphatic carbocycles. The third-order valence-electron chi connectivity index (χ3n) is 4.32. The second-order valence-corrected chi connectivity index (χ2v) is 6.07. The fourth-order valence-corrected chi connectivity index (χ4v) is 3.26. The van der Waals surface area contributed by atoms with Gasteiger partial charge in [0.2, 0.25) is 5.91 Å². The summed E-state index contributed by atoms with van der Waals surface area (Å²) in [5.41, 5.74) is 0. The molecule has 5 heteroatoms. The molecule has 1 saturated carbocycles. The summed E-state index contributed by atoms with van der Waals surface area (Å²) in [6, 6.07) is -0.190. The van der Waals surface area contributed by atoms with E-state index in [1.807, 2.05) is 0 Å². The number of hydrogen-bond acceptors (Lipinski definition) is 3. The van der Waals surface area contributed by atoms with Crippen LogP contribution in [0.5, 0.6) is 0 Å². The number of aliphatic hydroxyl groups excluding tert-OH is 1. The van der Waals surface area contributed by atoms with E-state index in [-0.39, 0.29) is 30.5 Å². The van der Waals surface area contributed by atoms with Crippen LogP contribution in [0.2, 0.25) is 0 Å². The van der Waals surface area contributed by atoms with Crippen molar-refractivity contribution in [3.05, 3.63) is 0 Å². The summed E-state index contributed by atoms with van der Waals surface area (Å²) >= 11 is 0. The van der Waals surface area contributed by atoms with Crippen molar-refractivity contribution in [2.75, 3.05) is 13.1 Å². The third kappa shape index (κ3) is 5.28. The van der Waals surface area contributed by atoms with E-state index in [0.717, 1.165) is 24.8 Å². The lowest BCUT2D eigenvalue weighted by Crippen LogP contribution is -2.41. The van der Waals surface area contributed by atoms with Crippen LogP contribution in [-0.2, 0) is 4.79 Å². The highest BCUT2D eigenvalue weighted by atomic mass is 35.5. The van der Waals surface area contributed by atoms with E-state index in [1.54, 1.807) is 0 Å². The lowest BCUT2D eigenvalue weighted by molar-refractivity contribution is -0.123. The van der Waals surface area contributed by atoms with Gasteiger partial charge < -0.3 is 15.7 Å². The Morgan fingerprint density at radius 3 is 2.79 bits per heavy atom. The Morgan fingerprint density at radius 1 is 1.37 bits per heavy atom. The number of hydrogen-bond donors (Lipinski definition) is 3. The Morgan fingerprint density at radius 2 is 2.16 bits per heavy atom. The van der Waals surface area contributed by atoms with E-state index in [9.17, 15) is 9.90 Å². The van der Waals surface area contributed by atoms with E-state index in [4.69, 9.17) is 0 Å². The summed E-state index contributed by atoms with van der Waals surface area (Å²) in [5.74, 6) is 1.69. The SMILES string of the molecule is CC1CCCC(CCNC(=O)C2CC(O)CN2)C1.Cl. The molecule has 2 fully saturated rings. The number of halogens is 1. The first-order valence-electron chi connectivity index (χ1n) is 7.34. The predicted octanol–water partition coefficient (Wildman–Crippen LogP) is 1.46. The van der Waals surface area contributed by atoms with Crippen molar-refractivity contribution in [3.63, 3.8) is 0 Å². The minimum Gasteiger partial charge on any atom is -0.392 e. The van der Waals surface area contributed by atoms with Gasteiger partial charge in [0.15, 0.2) is 0 Å². The van der Waals surface area contributed by atoms with Gasteiger partial charge in [0.05, 0.1) is 12.1 Å². The molecule has 1 amide bonds. The minimum atomic E-state index is -0.361. The zero-order valence-electron chi connectivity index (χ0n) is 11.7. The molecule has 1 saturated heterocycles. The first-order valence-corrected chi connectivity index (χ1v) is 7.34. The maximum atomic E-state index is 11.8. The highest BCUT2D eigenvalue weighted by molar-refractivity contribution is 5.85. The molecule has 0 aromatic heterocycles. The summed E-state index contributed by atoms with van der Waals surface area (Å²) in [5, 5.41) is 15.4. The van der Waals surface area contributed by atoms with Crippen LogP contribution >= 0.6 is 12.4 Å². The standard InChI is InChI=1S/C14H26N2O2.ClH/c1-10-3-2-4-11(7-10)5-6-15-14(18)13-8-12(17)9-16-13;/h10-13,16-17H,2-9H2,1H3,(H,15,18);1H. The number of rotatable bonds is 4. The zero-order valence-corrected chi connectivity index (χ0v) is 12.5. The van der Waals surface area contributed by atoms with Crippen molar-refractivity contribution in [2.24, 2.45) is 11.8 Å². The molecule has 0 bridgehead atoms.